The van der Waals surface area contributed by atoms with Gasteiger partial charge in [-0.2, -0.15) is 0 Å². The van der Waals surface area contributed by atoms with Gasteiger partial charge in [0.05, 0.1) is 16.4 Å². The van der Waals surface area contributed by atoms with Crippen LogP contribution in [-0.4, -0.2) is 9.97 Å². The van der Waals surface area contributed by atoms with Crippen molar-refractivity contribution in [2.24, 2.45) is 0 Å². The maximum Gasteiger partial charge on any atom is 0.178 e. The molecule has 3 heterocycles. The fourth-order valence-corrected chi connectivity index (χ4v) is 10.9. The fourth-order valence-electron chi connectivity index (χ4n) is 10.9. The number of pyridine rings is 2. The molecule has 322 valence electrons. The molecule has 1 atom stereocenters. The summed E-state index contributed by atoms with van der Waals surface area (Å²) in [5, 5.41) is 2.14. The number of rotatable bonds is 7. The van der Waals surface area contributed by atoms with Crippen LogP contribution in [0.2, 0.25) is 0 Å². The summed E-state index contributed by atoms with van der Waals surface area (Å²) in [5.74, 6) is 2.88. The molecule has 2 aliphatic rings. The molecule has 1 unspecified atom stereocenters. The van der Waals surface area contributed by atoms with Crippen molar-refractivity contribution in [2.45, 2.75) is 19.3 Å². The summed E-state index contributed by atoms with van der Waals surface area (Å²) < 4.78 is 13.3. The third-order valence-corrected chi connectivity index (χ3v) is 13.8. The van der Waals surface area contributed by atoms with E-state index >= 15 is 0 Å². The molecular weight excluding hydrogens is 831 g/mol. The Balaban J connectivity index is 0.960. The molecule has 13 rings (SSSR count). The maximum atomic E-state index is 6.78. The van der Waals surface area contributed by atoms with Gasteiger partial charge in [-0.25, -0.2) is 0 Å². The van der Waals surface area contributed by atoms with Gasteiger partial charge >= 0.3 is 0 Å². The standard InChI is InChI=1S/C63H43N3O2/c1-40-36-41(2)38-45(37-40)42-20-26-48(27-21-42)66(49-28-22-43(23-29-49)53-39-44-12-10-34-64-60(44)61-51(53)16-11-35-65-61)50-30-24-47(25-31-50)63(46-13-4-3-5-14-46)54-17-7-6-15-52(54)59-55(63)32-33-58-62(59)68-57-19-9-8-18-56(57)67-58/h3-39H,1-2H3. The van der Waals surface area contributed by atoms with Crippen LogP contribution in [-0.2, 0) is 5.41 Å². The minimum absolute atomic E-state index is 0.645. The van der Waals surface area contributed by atoms with Gasteiger partial charge in [0.2, 0.25) is 0 Å². The Bertz CT molecular complexity index is 3730. The first-order valence-electron chi connectivity index (χ1n) is 23.1. The van der Waals surface area contributed by atoms with Gasteiger partial charge in [0, 0.05) is 45.8 Å². The van der Waals surface area contributed by atoms with Crippen LogP contribution in [0.5, 0.6) is 23.0 Å². The number of fused-ring (bicyclic) bond motifs is 9. The highest BCUT2D eigenvalue weighted by atomic mass is 16.6. The number of benzene rings is 9. The molecule has 11 aromatic rings. The van der Waals surface area contributed by atoms with E-state index in [1.54, 1.807) is 0 Å². The second-order valence-electron chi connectivity index (χ2n) is 17.9. The van der Waals surface area contributed by atoms with Crippen molar-refractivity contribution in [3.63, 3.8) is 0 Å². The van der Waals surface area contributed by atoms with Gasteiger partial charge in [-0.05, 0) is 137 Å². The number of aromatic nitrogens is 2. The first-order valence-corrected chi connectivity index (χ1v) is 23.1. The Morgan fingerprint density at radius 1 is 0.412 bits per heavy atom. The molecule has 5 nitrogen and oxygen atoms in total. The third kappa shape index (κ3) is 6.24. The van der Waals surface area contributed by atoms with Crippen LogP contribution in [0.25, 0.3) is 55.2 Å². The molecule has 1 aliphatic heterocycles. The SMILES string of the molecule is Cc1cc(C)cc(-c2ccc(N(c3ccc(-c4cc5cccnc5c5ncccc45)cc3)c3ccc(C4(c5ccccc5)c5ccccc5-c5c4ccc4c5Oc5ccccc5O4)cc3)cc2)c1. The molecule has 0 fully saturated rings. The second-order valence-corrected chi connectivity index (χ2v) is 17.9. The number of ether oxygens (including phenoxy) is 2. The van der Waals surface area contributed by atoms with Crippen LogP contribution in [0.1, 0.15) is 33.4 Å². The average Bonchev–Trinajstić information content (AvgIpc) is 3.70. The third-order valence-electron chi connectivity index (χ3n) is 13.8. The van der Waals surface area contributed by atoms with Crippen molar-refractivity contribution in [3.8, 4) is 56.4 Å². The Labute approximate surface area is 395 Å². The van der Waals surface area contributed by atoms with Gasteiger partial charge in [0.1, 0.15) is 0 Å². The molecule has 1 aliphatic carbocycles. The lowest BCUT2D eigenvalue weighted by Crippen LogP contribution is -2.28. The largest absolute Gasteiger partial charge is 0.449 e. The van der Waals surface area contributed by atoms with Crippen LogP contribution in [0.4, 0.5) is 17.1 Å². The topological polar surface area (TPSA) is 47.5 Å². The zero-order chi connectivity index (χ0) is 45.3. The molecule has 68 heavy (non-hydrogen) atoms. The highest BCUT2D eigenvalue weighted by Gasteiger charge is 2.48. The van der Waals surface area contributed by atoms with E-state index in [1.165, 1.54) is 33.4 Å². The van der Waals surface area contributed by atoms with Crippen molar-refractivity contribution in [2.75, 3.05) is 4.90 Å². The average molecular weight is 874 g/mol. The minimum Gasteiger partial charge on any atom is -0.449 e. The second kappa shape index (κ2) is 15.7. The summed E-state index contributed by atoms with van der Waals surface area (Å²) in [4.78, 5) is 11.8. The molecule has 0 bridgehead atoms. The molecule has 0 N–H and O–H groups in total. The zero-order valence-corrected chi connectivity index (χ0v) is 37.5. The first kappa shape index (κ1) is 39.6. The number of anilines is 3. The Morgan fingerprint density at radius 2 is 1.01 bits per heavy atom. The van der Waals surface area contributed by atoms with Crippen molar-refractivity contribution in [1.82, 2.24) is 9.97 Å². The predicted molar refractivity (Wildman–Crippen MR) is 276 cm³/mol. The minimum atomic E-state index is -0.645. The zero-order valence-electron chi connectivity index (χ0n) is 37.5. The molecule has 0 spiro atoms. The van der Waals surface area contributed by atoms with Gasteiger partial charge in [-0.1, -0.05) is 151 Å². The van der Waals surface area contributed by atoms with Crippen molar-refractivity contribution in [1.29, 1.82) is 0 Å². The Kier molecular flexibility index (Phi) is 9.12. The van der Waals surface area contributed by atoms with E-state index in [1.807, 2.05) is 48.8 Å². The lowest BCUT2D eigenvalue weighted by atomic mass is 9.67. The summed E-state index contributed by atoms with van der Waals surface area (Å²) in [6.45, 7) is 4.32. The highest BCUT2D eigenvalue weighted by molar-refractivity contribution is 6.10. The number of aryl methyl sites for hydroxylation is 2. The van der Waals surface area contributed by atoms with Crippen LogP contribution < -0.4 is 14.4 Å². The van der Waals surface area contributed by atoms with E-state index in [0.29, 0.717) is 17.2 Å². The lowest BCUT2D eigenvalue weighted by Gasteiger charge is -2.35. The number of nitrogens with zero attached hydrogens (tertiary/aromatic N) is 3. The van der Waals surface area contributed by atoms with Gasteiger partial charge in [-0.15, -0.1) is 0 Å². The van der Waals surface area contributed by atoms with Crippen LogP contribution >= 0.6 is 0 Å². The predicted octanol–water partition coefficient (Wildman–Crippen LogP) is 16.5. The number of hydrogen-bond acceptors (Lipinski definition) is 5. The van der Waals surface area contributed by atoms with Crippen molar-refractivity contribution >= 4 is 38.9 Å². The molecule has 0 saturated carbocycles. The highest BCUT2D eigenvalue weighted by Crippen LogP contribution is 2.62. The molecule has 9 aromatic carbocycles. The van der Waals surface area contributed by atoms with Gasteiger partial charge in [-0.3, -0.25) is 9.97 Å². The molecule has 0 saturated heterocycles. The van der Waals surface area contributed by atoms with E-state index in [2.05, 4.69) is 195 Å². The fraction of sp³-hybridized carbons (Fsp3) is 0.0476. The van der Waals surface area contributed by atoms with E-state index in [4.69, 9.17) is 19.4 Å². The van der Waals surface area contributed by atoms with Gasteiger partial charge in [0.15, 0.2) is 23.0 Å². The first-order chi connectivity index (χ1) is 33.5. The van der Waals surface area contributed by atoms with E-state index < -0.39 is 5.41 Å². The summed E-state index contributed by atoms with van der Waals surface area (Å²) in [6, 6.07) is 76.1. The summed E-state index contributed by atoms with van der Waals surface area (Å²) in [7, 11) is 0. The molecule has 0 amide bonds. The number of hydrogen-bond donors (Lipinski definition) is 0. The van der Waals surface area contributed by atoms with Crippen molar-refractivity contribution in [3.05, 3.63) is 258 Å². The van der Waals surface area contributed by atoms with E-state index in [0.717, 1.165) is 78.0 Å². The molecule has 0 radical (unpaired) electrons. The summed E-state index contributed by atoms with van der Waals surface area (Å²) in [5.41, 5.74) is 18.3. The summed E-state index contributed by atoms with van der Waals surface area (Å²) >= 11 is 0. The van der Waals surface area contributed by atoms with Gasteiger partial charge < -0.3 is 14.4 Å². The molecule has 2 aromatic heterocycles. The van der Waals surface area contributed by atoms with Crippen LogP contribution in [0.15, 0.2) is 225 Å². The Hall–Kier alpha value is -8.80. The number of para-hydroxylation sites is 2. The van der Waals surface area contributed by atoms with E-state index in [9.17, 15) is 0 Å². The maximum absolute atomic E-state index is 6.78. The van der Waals surface area contributed by atoms with Crippen molar-refractivity contribution < 1.29 is 9.47 Å². The summed E-state index contributed by atoms with van der Waals surface area (Å²) in [6.07, 6.45) is 3.68. The molecular formula is C63H43N3O2. The lowest BCUT2D eigenvalue weighted by molar-refractivity contribution is 0.360. The van der Waals surface area contributed by atoms with Crippen LogP contribution in [0.3, 0.4) is 0 Å². The molecule has 5 heteroatoms. The quantitative estimate of drug-likeness (QED) is 0.149. The Morgan fingerprint density at radius 3 is 1.75 bits per heavy atom. The monoisotopic (exact) mass is 873 g/mol. The van der Waals surface area contributed by atoms with Gasteiger partial charge in [0.25, 0.3) is 0 Å². The smallest absolute Gasteiger partial charge is 0.178 e. The van der Waals surface area contributed by atoms with E-state index in [-0.39, 0.29) is 0 Å². The van der Waals surface area contributed by atoms with Crippen LogP contribution in [0, 0.1) is 13.8 Å². The normalized spacial score (nSPS) is 14.3.